The van der Waals surface area contributed by atoms with Crippen LogP contribution in [0.3, 0.4) is 0 Å². The first-order valence-electron chi connectivity index (χ1n) is 13.7. The highest BCUT2D eigenvalue weighted by molar-refractivity contribution is 6.04. The molecule has 0 aliphatic heterocycles. The zero-order valence-electron chi connectivity index (χ0n) is 22.6. The summed E-state index contributed by atoms with van der Waals surface area (Å²) in [5.74, 6) is 1.90. The molecule has 0 fully saturated rings. The minimum absolute atomic E-state index is 0.623. The van der Waals surface area contributed by atoms with E-state index < -0.39 is 0 Å². The van der Waals surface area contributed by atoms with Gasteiger partial charge in [-0.3, -0.25) is 0 Å². The molecular formula is C38H24N4. The van der Waals surface area contributed by atoms with Crippen LogP contribution in [0.15, 0.2) is 146 Å². The summed E-state index contributed by atoms with van der Waals surface area (Å²) < 4.78 is 0. The summed E-state index contributed by atoms with van der Waals surface area (Å²) in [4.78, 5) is 18.2. The predicted molar refractivity (Wildman–Crippen MR) is 171 cm³/mol. The van der Waals surface area contributed by atoms with Gasteiger partial charge < -0.3 is 0 Å². The average molecular weight is 537 g/mol. The second-order valence-corrected chi connectivity index (χ2v) is 9.99. The van der Waals surface area contributed by atoms with Crippen molar-refractivity contribution in [1.29, 1.82) is 0 Å². The molecule has 6 aromatic carbocycles. The Hall–Kier alpha value is -5.92. The molecule has 0 atom stereocenters. The van der Waals surface area contributed by atoms with Crippen molar-refractivity contribution in [3.05, 3.63) is 157 Å². The topological polar surface area (TPSA) is 43.0 Å². The molecule has 4 nitrogen and oxygen atoms in total. The Morgan fingerprint density at radius 1 is 0.429 bits per heavy atom. The van der Waals surface area contributed by atoms with Crippen LogP contribution in [-0.2, 0) is 0 Å². The lowest BCUT2D eigenvalue weighted by molar-refractivity contribution is 1.07. The second kappa shape index (κ2) is 10.9. The standard InChI is InChI=1S/C38H24N4/c1-39-32-17-10-16-31(25-32)35-33-18-9-8-11-26(33)23-24-34(35)27-19-21-30(22-20-27)38-41-36(28-12-4-2-5-13-28)40-37(42-38)29-14-6-3-7-15-29/h2-25H. The van der Waals surface area contributed by atoms with Crippen molar-refractivity contribution in [2.45, 2.75) is 0 Å². The van der Waals surface area contributed by atoms with E-state index in [9.17, 15) is 0 Å². The number of nitrogens with zero attached hydrogens (tertiary/aromatic N) is 4. The van der Waals surface area contributed by atoms with E-state index in [1.54, 1.807) is 0 Å². The van der Waals surface area contributed by atoms with Gasteiger partial charge in [0, 0.05) is 16.7 Å². The summed E-state index contributed by atoms with van der Waals surface area (Å²) in [6.45, 7) is 7.54. The van der Waals surface area contributed by atoms with E-state index in [2.05, 4.69) is 71.6 Å². The fourth-order valence-corrected chi connectivity index (χ4v) is 5.29. The van der Waals surface area contributed by atoms with Crippen molar-refractivity contribution in [2.75, 3.05) is 0 Å². The summed E-state index contributed by atoms with van der Waals surface area (Å²) in [5, 5.41) is 2.31. The number of aromatic nitrogens is 3. The minimum atomic E-state index is 0.623. The van der Waals surface area contributed by atoms with Crippen molar-refractivity contribution in [3.8, 4) is 56.4 Å². The summed E-state index contributed by atoms with van der Waals surface area (Å²) >= 11 is 0. The van der Waals surface area contributed by atoms with Crippen LogP contribution in [0, 0.1) is 6.57 Å². The monoisotopic (exact) mass is 536 g/mol. The summed E-state index contributed by atoms with van der Waals surface area (Å²) in [6.07, 6.45) is 0. The molecule has 7 aromatic rings. The number of hydrogen-bond donors (Lipinski definition) is 0. The van der Waals surface area contributed by atoms with Crippen LogP contribution in [0.25, 0.3) is 72.0 Å². The van der Waals surface area contributed by atoms with Crippen LogP contribution in [0.1, 0.15) is 0 Å². The lowest BCUT2D eigenvalue weighted by atomic mass is 9.89. The predicted octanol–water partition coefficient (Wildman–Crippen LogP) is 9.91. The fourth-order valence-electron chi connectivity index (χ4n) is 5.29. The van der Waals surface area contributed by atoms with Crippen LogP contribution in [0.2, 0.25) is 0 Å². The fraction of sp³-hybridized carbons (Fsp3) is 0. The molecule has 196 valence electrons. The highest BCUT2D eigenvalue weighted by Gasteiger charge is 2.15. The summed E-state index contributed by atoms with van der Waals surface area (Å²) in [5.41, 5.74) is 7.74. The van der Waals surface area contributed by atoms with E-state index in [1.165, 1.54) is 0 Å². The molecule has 1 heterocycles. The first-order valence-corrected chi connectivity index (χ1v) is 13.7. The molecular weight excluding hydrogens is 512 g/mol. The molecule has 0 unspecified atom stereocenters. The quantitative estimate of drug-likeness (QED) is 0.206. The first-order chi connectivity index (χ1) is 20.8. The van der Waals surface area contributed by atoms with Crippen molar-refractivity contribution >= 4 is 16.5 Å². The Kier molecular flexibility index (Phi) is 6.52. The third-order valence-corrected chi connectivity index (χ3v) is 7.35. The maximum absolute atomic E-state index is 7.54. The molecule has 0 spiro atoms. The Bertz CT molecular complexity index is 2020. The summed E-state index contributed by atoms with van der Waals surface area (Å²) in [6, 6.07) is 48.9. The zero-order chi connectivity index (χ0) is 28.3. The first kappa shape index (κ1) is 25.1. The van der Waals surface area contributed by atoms with Gasteiger partial charge in [0.2, 0.25) is 0 Å². The number of fused-ring (bicyclic) bond motifs is 1. The van der Waals surface area contributed by atoms with Gasteiger partial charge in [0.05, 0.1) is 6.57 Å². The Labute approximate surface area is 244 Å². The molecule has 0 N–H and O–H groups in total. The second-order valence-electron chi connectivity index (χ2n) is 9.99. The summed E-state index contributed by atoms with van der Waals surface area (Å²) in [7, 11) is 0. The van der Waals surface area contributed by atoms with Crippen LogP contribution in [0.5, 0.6) is 0 Å². The van der Waals surface area contributed by atoms with Crippen LogP contribution < -0.4 is 0 Å². The van der Waals surface area contributed by atoms with Gasteiger partial charge in [0.1, 0.15) is 0 Å². The van der Waals surface area contributed by atoms with Gasteiger partial charge in [-0.25, -0.2) is 19.8 Å². The van der Waals surface area contributed by atoms with Crippen molar-refractivity contribution in [2.24, 2.45) is 0 Å². The SMILES string of the molecule is [C-]#[N+]c1cccc(-c2c(-c3ccc(-c4nc(-c5ccccc5)nc(-c5ccccc5)n4)cc3)ccc3ccccc23)c1. The maximum Gasteiger partial charge on any atom is 0.187 e. The Morgan fingerprint density at radius 2 is 0.952 bits per heavy atom. The highest BCUT2D eigenvalue weighted by atomic mass is 15.0. The number of rotatable bonds is 5. The normalized spacial score (nSPS) is 10.8. The molecule has 42 heavy (non-hydrogen) atoms. The van der Waals surface area contributed by atoms with E-state index in [4.69, 9.17) is 21.5 Å². The van der Waals surface area contributed by atoms with Gasteiger partial charge in [-0.2, -0.15) is 0 Å². The van der Waals surface area contributed by atoms with Gasteiger partial charge in [-0.1, -0.05) is 140 Å². The van der Waals surface area contributed by atoms with Gasteiger partial charge in [-0.05, 0) is 39.1 Å². The maximum atomic E-state index is 7.54. The van der Waals surface area contributed by atoms with Crippen molar-refractivity contribution in [1.82, 2.24) is 15.0 Å². The molecule has 0 radical (unpaired) electrons. The molecule has 0 aliphatic rings. The third-order valence-electron chi connectivity index (χ3n) is 7.35. The third kappa shape index (κ3) is 4.81. The van der Waals surface area contributed by atoms with Crippen LogP contribution >= 0.6 is 0 Å². The minimum Gasteiger partial charge on any atom is -0.238 e. The Balaban J connectivity index is 1.35. The smallest absolute Gasteiger partial charge is 0.187 e. The molecule has 0 amide bonds. The van der Waals surface area contributed by atoms with E-state index in [-0.39, 0.29) is 0 Å². The van der Waals surface area contributed by atoms with Crippen LogP contribution in [0.4, 0.5) is 5.69 Å². The van der Waals surface area contributed by atoms with Crippen LogP contribution in [-0.4, -0.2) is 15.0 Å². The molecule has 0 bridgehead atoms. The molecule has 7 rings (SSSR count). The highest BCUT2D eigenvalue weighted by Crippen LogP contribution is 2.39. The van der Waals surface area contributed by atoms with Gasteiger partial charge >= 0.3 is 0 Å². The molecule has 0 saturated heterocycles. The van der Waals surface area contributed by atoms with E-state index >= 15 is 0 Å². The lowest BCUT2D eigenvalue weighted by Gasteiger charge is -2.15. The van der Waals surface area contributed by atoms with E-state index in [0.717, 1.165) is 49.7 Å². The zero-order valence-corrected chi connectivity index (χ0v) is 22.6. The largest absolute Gasteiger partial charge is 0.238 e. The number of hydrogen-bond acceptors (Lipinski definition) is 3. The van der Waals surface area contributed by atoms with Gasteiger partial charge in [-0.15, -0.1) is 0 Å². The number of benzene rings is 6. The average Bonchev–Trinajstić information content (AvgIpc) is 3.08. The lowest BCUT2D eigenvalue weighted by Crippen LogP contribution is -2.00. The van der Waals surface area contributed by atoms with Crippen molar-refractivity contribution < 1.29 is 0 Å². The van der Waals surface area contributed by atoms with E-state index in [1.807, 2.05) is 78.9 Å². The van der Waals surface area contributed by atoms with Gasteiger partial charge in [0.25, 0.3) is 0 Å². The Morgan fingerprint density at radius 3 is 1.57 bits per heavy atom. The van der Waals surface area contributed by atoms with Gasteiger partial charge in [0.15, 0.2) is 23.2 Å². The molecule has 0 saturated carbocycles. The van der Waals surface area contributed by atoms with Crippen molar-refractivity contribution in [3.63, 3.8) is 0 Å². The molecule has 0 aliphatic carbocycles. The molecule has 4 heteroatoms. The molecule has 1 aromatic heterocycles. The van der Waals surface area contributed by atoms with E-state index in [0.29, 0.717) is 23.2 Å².